The van der Waals surface area contributed by atoms with E-state index >= 15 is 0 Å². The Morgan fingerprint density at radius 3 is 2.55 bits per heavy atom. The van der Waals surface area contributed by atoms with Gasteiger partial charge in [-0.2, -0.15) is 0 Å². The third-order valence-corrected chi connectivity index (χ3v) is 6.72. The first kappa shape index (κ1) is 20.1. The van der Waals surface area contributed by atoms with Crippen LogP contribution in [-0.2, 0) is 17.6 Å². The number of fused-ring (bicyclic) bond motifs is 1. The van der Waals surface area contributed by atoms with Crippen molar-refractivity contribution in [1.82, 2.24) is 19.8 Å². The zero-order chi connectivity index (χ0) is 20.4. The highest BCUT2D eigenvalue weighted by Gasteiger charge is 2.37. The Kier molecular flexibility index (Phi) is 5.99. The summed E-state index contributed by atoms with van der Waals surface area (Å²) in [5.74, 6) is 0.437. The fourth-order valence-electron chi connectivity index (χ4n) is 4.86. The fraction of sp³-hybridized carbons (Fsp3) is 0.714. The molecule has 1 aromatic heterocycles. The molecule has 1 saturated carbocycles. The number of carboxylic acid groups (broad SMARTS) is 1. The molecule has 1 saturated heterocycles. The van der Waals surface area contributed by atoms with Gasteiger partial charge in [-0.15, -0.1) is 0 Å². The summed E-state index contributed by atoms with van der Waals surface area (Å²) in [6.07, 6.45) is 8.48. The number of aromatic nitrogens is 2. The molecule has 1 aliphatic carbocycles. The van der Waals surface area contributed by atoms with Gasteiger partial charge in [0.15, 0.2) is 5.82 Å². The van der Waals surface area contributed by atoms with Gasteiger partial charge in [0.25, 0.3) is 0 Å². The van der Waals surface area contributed by atoms with Gasteiger partial charge >= 0.3 is 12.0 Å². The molecule has 0 spiro atoms. The average molecular weight is 402 g/mol. The van der Waals surface area contributed by atoms with E-state index in [1.807, 2.05) is 4.90 Å². The summed E-state index contributed by atoms with van der Waals surface area (Å²) in [5, 5.41) is 8.87. The molecule has 8 heteroatoms. The Balaban J connectivity index is 1.37. The quantitative estimate of drug-likeness (QED) is 0.813. The third-order valence-electron chi connectivity index (χ3n) is 6.72. The van der Waals surface area contributed by atoms with Gasteiger partial charge in [-0.3, -0.25) is 14.7 Å². The van der Waals surface area contributed by atoms with E-state index in [1.54, 1.807) is 11.1 Å². The lowest BCUT2D eigenvalue weighted by molar-refractivity contribution is -0.137. The molecule has 0 atom stereocenters. The standard InChI is InChI=1S/C21H31N5O3/c1-24-10-8-17-18(9-11-24)23-19(14-22-17)26-13-12-25(21(26)29)16-5-2-15(3-6-16)4-7-20(27)28/h14-16H,2-13H2,1H3,(H,27,28)/t15-,16+. The maximum absolute atomic E-state index is 13.1. The van der Waals surface area contributed by atoms with Crippen molar-refractivity contribution in [2.24, 2.45) is 5.92 Å². The number of amides is 2. The van der Waals surface area contributed by atoms with Crippen LogP contribution in [0.25, 0.3) is 0 Å². The Bertz CT molecular complexity index is 763. The van der Waals surface area contributed by atoms with Crippen molar-refractivity contribution < 1.29 is 14.7 Å². The van der Waals surface area contributed by atoms with Gasteiger partial charge in [0.05, 0.1) is 17.6 Å². The number of likely N-dealkylation sites (N-methyl/N-ethyl adjacent to an activating group) is 1. The predicted octanol–water partition coefficient (Wildman–Crippen LogP) is 2.17. The summed E-state index contributed by atoms with van der Waals surface area (Å²) in [7, 11) is 2.12. The molecule has 1 aromatic rings. The minimum absolute atomic E-state index is 0.0407. The van der Waals surface area contributed by atoms with Crippen LogP contribution in [-0.4, -0.2) is 76.1 Å². The third kappa shape index (κ3) is 4.52. The molecule has 2 amide bonds. The molecule has 29 heavy (non-hydrogen) atoms. The highest BCUT2D eigenvalue weighted by molar-refractivity contribution is 5.93. The second kappa shape index (κ2) is 8.65. The summed E-state index contributed by atoms with van der Waals surface area (Å²) < 4.78 is 0. The number of anilines is 1. The number of hydrogen-bond acceptors (Lipinski definition) is 5. The van der Waals surface area contributed by atoms with Gasteiger partial charge in [-0.05, 0) is 45.1 Å². The van der Waals surface area contributed by atoms with Gasteiger partial charge in [0, 0.05) is 51.5 Å². The normalized spacial score (nSPS) is 25.8. The van der Waals surface area contributed by atoms with Crippen molar-refractivity contribution in [2.45, 2.75) is 57.4 Å². The van der Waals surface area contributed by atoms with Crippen LogP contribution in [0, 0.1) is 5.92 Å². The molecular weight excluding hydrogens is 370 g/mol. The molecule has 0 unspecified atom stereocenters. The first-order chi connectivity index (χ1) is 14.0. The van der Waals surface area contributed by atoms with Crippen LogP contribution in [0.4, 0.5) is 10.6 Å². The van der Waals surface area contributed by atoms with E-state index in [1.165, 1.54) is 0 Å². The van der Waals surface area contributed by atoms with E-state index in [0.29, 0.717) is 18.3 Å². The minimum atomic E-state index is -0.717. The number of carboxylic acids is 1. The molecular formula is C21H31N5O3. The number of rotatable bonds is 5. The second-order valence-electron chi connectivity index (χ2n) is 8.66. The van der Waals surface area contributed by atoms with Crippen LogP contribution in [0.3, 0.4) is 0 Å². The first-order valence-electron chi connectivity index (χ1n) is 10.8. The molecule has 3 aliphatic rings. The van der Waals surface area contributed by atoms with Crippen molar-refractivity contribution in [3.8, 4) is 0 Å². The zero-order valence-electron chi connectivity index (χ0n) is 17.2. The average Bonchev–Trinajstić information content (AvgIpc) is 3.00. The zero-order valence-corrected chi connectivity index (χ0v) is 17.2. The molecule has 4 rings (SSSR count). The summed E-state index contributed by atoms with van der Waals surface area (Å²) in [6, 6.07) is 0.301. The molecule has 8 nitrogen and oxygen atoms in total. The Morgan fingerprint density at radius 2 is 1.83 bits per heavy atom. The molecule has 158 valence electrons. The highest BCUT2D eigenvalue weighted by Crippen LogP contribution is 2.32. The fourth-order valence-corrected chi connectivity index (χ4v) is 4.86. The summed E-state index contributed by atoms with van der Waals surface area (Å²) in [6.45, 7) is 3.35. The van der Waals surface area contributed by atoms with Crippen LogP contribution < -0.4 is 4.90 Å². The molecule has 3 heterocycles. The smallest absolute Gasteiger partial charge is 0.326 e. The number of carbonyl (C=O) groups is 2. The van der Waals surface area contributed by atoms with Crippen molar-refractivity contribution in [3.05, 3.63) is 17.6 Å². The minimum Gasteiger partial charge on any atom is -0.481 e. The number of nitrogens with zero attached hydrogens (tertiary/aromatic N) is 5. The number of hydrogen-bond donors (Lipinski definition) is 1. The molecule has 0 aromatic carbocycles. The van der Waals surface area contributed by atoms with Crippen molar-refractivity contribution >= 4 is 17.8 Å². The summed E-state index contributed by atoms with van der Waals surface area (Å²) in [4.78, 5) is 39.4. The highest BCUT2D eigenvalue weighted by atomic mass is 16.4. The largest absolute Gasteiger partial charge is 0.481 e. The van der Waals surface area contributed by atoms with Crippen LogP contribution in [0.5, 0.6) is 0 Å². The van der Waals surface area contributed by atoms with Gasteiger partial charge < -0.3 is 14.9 Å². The van der Waals surface area contributed by atoms with Crippen molar-refractivity contribution in [1.29, 1.82) is 0 Å². The second-order valence-corrected chi connectivity index (χ2v) is 8.66. The summed E-state index contributed by atoms with van der Waals surface area (Å²) >= 11 is 0. The number of urea groups is 1. The maximum atomic E-state index is 13.1. The van der Waals surface area contributed by atoms with E-state index in [-0.39, 0.29) is 18.5 Å². The topological polar surface area (TPSA) is 89.9 Å². The maximum Gasteiger partial charge on any atom is 0.326 e. The number of carbonyl (C=O) groups excluding carboxylic acids is 1. The monoisotopic (exact) mass is 401 g/mol. The molecule has 2 fully saturated rings. The van der Waals surface area contributed by atoms with E-state index < -0.39 is 5.97 Å². The SMILES string of the molecule is CN1CCc2ncc(N3CCN([C@H]4CC[C@@H](CCC(=O)O)CC4)C3=O)nc2CC1. The van der Waals surface area contributed by atoms with Gasteiger partial charge in [-0.25, -0.2) is 9.78 Å². The Labute approximate surface area is 171 Å². The summed E-state index contributed by atoms with van der Waals surface area (Å²) in [5.41, 5.74) is 2.08. The van der Waals surface area contributed by atoms with Crippen molar-refractivity contribution in [3.63, 3.8) is 0 Å². The van der Waals surface area contributed by atoms with Gasteiger partial charge in [-0.1, -0.05) is 0 Å². The predicted molar refractivity (Wildman–Crippen MR) is 109 cm³/mol. The van der Waals surface area contributed by atoms with Crippen LogP contribution >= 0.6 is 0 Å². The van der Waals surface area contributed by atoms with E-state index in [9.17, 15) is 9.59 Å². The lowest BCUT2D eigenvalue weighted by Crippen LogP contribution is -2.41. The van der Waals surface area contributed by atoms with Crippen molar-refractivity contribution in [2.75, 3.05) is 38.1 Å². The van der Waals surface area contributed by atoms with E-state index in [0.717, 1.165) is 76.0 Å². The number of aliphatic carboxylic acids is 1. The van der Waals surface area contributed by atoms with Crippen LogP contribution in [0.1, 0.15) is 49.9 Å². The van der Waals surface area contributed by atoms with Crippen LogP contribution in [0.2, 0.25) is 0 Å². The lowest BCUT2D eigenvalue weighted by Gasteiger charge is -2.34. The lowest BCUT2D eigenvalue weighted by atomic mass is 9.83. The van der Waals surface area contributed by atoms with Gasteiger partial charge in [0.2, 0.25) is 0 Å². The molecule has 0 radical (unpaired) electrons. The van der Waals surface area contributed by atoms with Gasteiger partial charge in [0.1, 0.15) is 0 Å². The van der Waals surface area contributed by atoms with E-state index in [4.69, 9.17) is 10.1 Å². The Hall–Kier alpha value is -2.22. The molecule has 1 N–H and O–H groups in total. The van der Waals surface area contributed by atoms with Crippen LogP contribution in [0.15, 0.2) is 6.20 Å². The van der Waals surface area contributed by atoms with E-state index in [2.05, 4.69) is 16.9 Å². The molecule has 0 bridgehead atoms. The Morgan fingerprint density at radius 1 is 1.10 bits per heavy atom. The molecule has 2 aliphatic heterocycles. The first-order valence-corrected chi connectivity index (χ1v) is 10.8.